The fraction of sp³-hybridized carbons (Fsp3) is 0. The summed E-state index contributed by atoms with van der Waals surface area (Å²) < 4.78 is 0. The predicted octanol–water partition coefficient (Wildman–Crippen LogP) is 3.07. The summed E-state index contributed by atoms with van der Waals surface area (Å²) in [5.74, 6) is 0. The zero-order valence-corrected chi connectivity index (χ0v) is 8.80. The van der Waals surface area contributed by atoms with Gasteiger partial charge >= 0.3 is 72.4 Å². The van der Waals surface area contributed by atoms with Gasteiger partial charge in [0, 0.05) is 0 Å². The van der Waals surface area contributed by atoms with E-state index in [1.807, 2.05) is 0 Å². The summed E-state index contributed by atoms with van der Waals surface area (Å²) in [5, 5.41) is 0. The van der Waals surface area contributed by atoms with Gasteiger partial charge < -0.3 is 0 Å². The molecule has 0 spiro atoms. The molecule has 0 N–H and O–H groups in total. The van der Waals surface area contributed by atoms with Gasteiger partial charge in [-0.1, -0.05) is 0 Å². The molecule has 0 rings (SSSR count). The second kappa shape index (κ2) is 15.6. The maximum absolute atomic E-state index is 4.70. The van der Waals surface area contributed by atoms with Crippen LogP contribution >= 0.6 is 48.8 Å². The van der Waals surface area contributed by atoms with Gasteiger partial charge in [0.05, 0.1) is 0 Å². The van der Waals surface area contributed by atoms with E-state index in [2.05, 4.69) is 28.5 Å². The Hall–Kier alpha value is 2.53. The van der Waals surface area contributed by atoms with Gasteiger partial charge in [-0.3, -0.25) is 0 Å². The molecular formula is Br2Cl2Ni2. The van der Waals surface area contributed by atoms with Crippen LogP contribution in [-0.2, 0) is 23.6 Å². The van der Waals surface area contributed by atoms with Crippen molar-refractivity contribution in [3.8, 4) is 0 Å². The van der Waals surface area contributed by atoms with Crippen molar-refractivity contribution < 1.29 is 23.6 Å². The van der Waals surface area contributed by atoms with Crippen molar-refractivity contribution in [2.75, 3.05) is 0 Å². The molecular weight excluding hydrogens is 348 g/mol. The second-order valence-corrected chi connectivity index (χ2v) is 6.71. The van der Waals surface area contributed by atoms with E-state index in [1.165, 1.54) is 10.9 Å². The molecule has 0 fully saturated rings. The van der Waals surface area contributed by atoms with Gasteiger partial charge in [0.25, 0.3) is 0 Å². The van der Waals surface area contributed by atoms with Crippen LogP contribution in [0.4, 0.5) is 0 Å². The number of halogens is 4. The van der Waals surface area contributed by atoms with E-state index in [-0.39, 0.29) is 0 Å². The molecule has 0 aliphatic rings. The van der Waals surface area contributed by atoms with E-state index in [1.54, 1.807) is 0 Å². The summed E-state index contributed by atoms with van der Waals surface area (Å²) in [4.78, 5) is 0. The molecule has 0 aromatic carbocycles. The number of hydrogen-bond donors (Lipinski definition) is 0. The van der Waals surface area contributed by atoms with Crippen LogP contribution < -0.4 is 0 Å². The minimum atomic E-state index is 0.569. The molecule has 0 aliphatic carbocycles. The van der Waals surface area contributed by atoms with Crippen LogP contribution in [0.5, 0.6) is 0 Å². The van der Waals surface area contributed by atoms with Crippen molar-refractivity contribution in [3.63, 3.8) is 0 Å². The van der Waals surface area contributed by atoms with Gasteiger partial charge in [0.15, 0.2) is 0 Å². The molecule has 0 aromatic heterocycles. The molecule has 6 heteroatoms. The fourth-order valence-electron chi connectivity index (χ4n) is 0. The standard InChI is InChI=1S/2BrH.2ClH.2Ni/h4*1H;;/q;;;;2*+2/p-4. The summed E-state index contributed by atoms with van der Waals surface area (Å²) in [7, 11) is 10.7. The van der Waals surface area contributed by atoms with Crippen LogP contribution in [0.1, 0.15) is 0 Å². The van der Waals surface area contributed by atoms with E-state index >= 15 is 0 Å². The topological polar surface area (TPSA) is 0 Å². The van der Waals surface area contributed by atoms with Gasteiger partial charge in [-0.25, -0.2) is 0 Å². The summed E-state index contributed by atoms with van der Waals surface area (Å²) in [6.07, 6.45) is 0. The Morgan fingerprint density at radius 1 is 1.17 bits per heavy atom. The van der Waals surface area contributed by atoms with Crippen molar-refractivity contribution in [2.45, 2.75) is 0 Å². The minimum absolute atomic E-state index is 0.569. The van der Waals surface area contributed by atoms with Crippen LogP contribution in [0.15, 0.2) is 0 Å². The Bertz CT molecular complexity index is 11.5. The molecule has 0 bridgehead atoms. The third-order valence-electron chi connectivity index (χ3n) is 0. The zero-order valence-electron chi connectivity index (χ0n) is 2.14. The van der Waals surface area contributed by atoms with Crippen molar-refractivity contribution >= 4 is 48.8 Å². The molecule has 0 amide bonds. The Morgan fingerprint density at radius 2 is 1.17 bits per heavy atom. The molecule has 0 aliphatic heterocycles. The summed E-state index contributed by atoms with van der Waals surface area (Å²) >= 11 is 6.57. The molecule has 0 nitrogen and oxygen atoms in total. The van der Waals surface area contributed by atoms with Gasteiger partial charge in [-0.2, -0.15) is 0 Å². The van der Waals surface area contributed by atoms with E-state index in [0.29, 0.717) is 12.7 Å². The molecule has 6 heavy (non-hydrogen) atoms. The Morgan fingerprint density at radius 3 is 1.17 bits per heavy atom. The molecule has 0 atom stereocenters. The first-order valence-electron chi connectivity index (χ1n) is 0.478. The van der Waals surface area contributed by atoms with Crippen LogP contribution in [0, 0.1) is 0 Å². The van der Waals surface area contributed by atoms with Crippen molar-refractivity contribution in [1.29, 1.82) is 0 Å². The van der Waals surface area contributed by atoms with E-state index in [9.17, 15) is 0 Å². The normalized spacial score (nSPS) is 7.33. The molecule has 0 saturated heterocycles. The molecule has 0 aromatic rings. The maximum atomic E-state index is 4.70. The molecule has 48 valence electrons. The van der Waals surface area contributed by atoms with Crippen molar-refractivity contribution in [1.82, 2.24) is 0 Å². The Balaban J connectivity index is 0. The molecule has 0 heterocycles. The summed E-state index contributed by atoms with van der Waals surface area (Å²) in [6.45, 7) is 0. The van der Waals surface area contributed by atoms with E-state index in [0.717, 1.165) is 0 Å². The zero-order chi connectivity index (χ0) is 5.41. The quantitative estimate of drug-likeness (QED) is 0.591. The summed E-state index contributed by atoms with van der Waals surface area (Å²) in [5.41, 5.74) is 0. The third kappa shape index (κ3) is 31.2. The second-order valence-electron chi connectivity index (χ2n) is 0.0904. The van der Waals surface area contributed by atoms with E-state index in [4.69, 9.17) is 20.4 Å². The van der Waals surface area contributed by atoms with Crippen molar-refractivity contribution in [2.24, 2.45) is 0 Å². The third-order valence-corrected chi connectivity index (χ3v) is 0. The average molecular weight is 348 g/mol. The van der Waals surface area contributed by atoms with Crippen molar-refractivity contribution in [3.05, 3.63) is 0 Å². The van der Waals surface area contributed by atoms with Crippen LogP contribution in [0.25, 0.3) is 0 Å². The fourth-order valence-corrected chi connectivity index (χ4v) is 0. The molecule has 0 unspecified atom stereocenters. The SMILES string of the molecule is [Br][Ni][Br].[Cl][Ni][Cl]. The average Bonchev–Trinajstić information content (AvgIpc) is 1.39. The van der Waals surface area contributed by atoms with Gasteiger partial charge in [-0.15, -0.1) is 0 Å². The van der Waals surface area contributed by atoms with Gasteiger partial charge in [0.1, 0.15) is 0 Å². The van der Waals surface area contributed by atoms with Gasteiger partial charge in [0.2, 0.25) is 0 Å². The Labute approximate surface area is 71.4 Å². The first kappa shape index (κ1) is 11.3. The monoisotopic (exact) mass is 344 g/mol. The predicted molar refractivity (Wildman–Crippen MR) is 29.6 cm³/mol. The summed E-state index contributed by atoms with van der Waals surface area (Å²) in [6, 6.07) is 0. The Kier molecular flexibility index (Phi) is 29.6. The first-order valence-corrected chi connectivity index (χ1v) is 8.08. The number of rotatable bonds is 0. The number of hydrogen-bond acceptors (Lipinski definition) is 0. The van der Waals surface area contributed by atoms with Crippen LogP contribution in [0.3, 0.4) is 0 Å². The first-order chi connectivity index (χ1) is 2.83. The van der Waals surface area contributed by atoms with E-state index < -0.39 is 0 Å². The van der Waals surface area contributed by atoms with Gasteiger partial charge in [-0.05, 0) is 0 Å². The van der Waals surface area contributed by atoms with Crippen LogP contribution in [0.2, 0.25) is 0 Å². The van der Waals surface area contributed by atoms with Crippen LogP contribution in [-0.4, -0.2) is 0 Å². The molecule has 0 radical (unpaired) electrons. The molecule has 0 saturated carbocycles.